The lowest BCUT2D eigenvalue weighted by Crippen LogP contribution is -2.49. The van der Waals surface area contributed by atoms with Crippen molar-refractivity contribution >= 4 is 47.0 Å². The van der Waals surface area contributed by atoms with E-state index in [-0.39, 0.29) is 18.4 Å². The Hall–Kier alpha value is -5.30. The van der Waals surface area contributed by atoms with Crippen molar-refractivity contribution in [3.63, 3.8) is 0 Å². The number of hydrogen-bond donors (Lipinski definition) is 3. The van der Waals surface area contributed by atoms with Gasteiger partial charge in [-0.3, -0.25) is 19.9 Å². The third kappa shape index (κ3) is 8.70. The first kappa shape index (κ1) is 33.1. The van der Waals surface area contributed by atoms with E-state index in [9.17, 15) is 14.4 Å². The highest BCUT2D eigenvalue weighted by Crippen LogP contribution is 2.32. The Morgan fingerprint density at radius 2 is 1.96 bits per heavy atom. The molecule has 0 saturated carbocycles. The summed E-state index contributed by atoms with van der Waals surface area (Å²) in [5.41, 5.74) is 4.84. The van der Waals surface area contributed by atoms with Crippen molar-refractivity contribution in [1.29, 1.82) is 0 Å². The number of carbonyl (C=O) groups is 3. The van der Waals surface area contributed by atoms with Crippen LogP contribution in [0.15, 0.2) is 67.3 Å². The minimum absolute atomic E-state index is 0.0625. The Morgan fingerprint density at radius 1 is 1.11 bits per heavy atom. The van der Waals surface area contributed by atoms with Crippen molar-refractivity contribution in [3.05, 3.63) is 83.4 Å². The second kappa shape index (κ2) is 15.8. The first-order valence-corrected chi connectivity index (χ1v) is 15.7. The molecule has 3 heterocycles. The van der Waals surface area contributed by atoms with E-state index in [4.69, 9.17) is 16.3 Å². The maximum atomic E-state index is 13.3. The average molecular weight is 658 g/mol. The van der Waals surface area contributed by atoms with Crippen LogP contribution < -0.4 is 16.0 Å². The van der Waals surface area contributed by atoms with Crippen LogP contribution in [0.25, 0.3) is 22.9 Å². The maximum absolute atomic E-state index is 13.3. The van der Waals surface area contributed by atoms with E-state index in [0.29, 0.717) is 34.1 Å². The van der Waals surface area contributed by atoms with E-state index in [1.54, 1.807) is 48.8 Å². The Morgan fingerprint density at radius 3 is 2.68 bits per heavy atom. The van der Waals surface area contributed by atoms with Crippen LogP contribution >= 0.6 is 11.6 Å². The number of pyridine rings is 1. The third-order valence-corrected chi connectivity index (χ3v) is 7.90. The number of anilines is 2. The highest BCUT2D eigenvalue weighted by molar-refractivity contribution is 6.30. The lowest BCUT2D eigenvalue weighted by molar-refractivity contribution is -0.135. The second-order valence-electron chi connectivity index (χ2n) is 11.0. The Labute approximate surface area is 277 Å². The number of nitrogens with one attached hydrogen (secondary N) is 3. The van der Waals surface area contributed by atoms with Crippen LogP contribution in [0.1, 0.15) is 43.7 Å². The van der Waals surface area contributed by atoms with Gasteiger partial charge in [0.2, 0.25) is 11.8 Å². The van der Waals surface area contributed by atoms with E-state index in [1.165, 1.54) is 24.2 Å². The predicted molar refractivity (Wildman–Crippen MR) is 179 cm³/mol. The fourth-order valence-electron chi connectivity index (χ4n) is 5.06. The van der Waals surface area contributed by atoms with Crippen molar-refractivity contribution in [3.8, 4) is 16.8 Å². The molecule has 13 nitrogen and oxygen atoms in total. The molecule has 1 aliphatic rings. The van der Waals surface area contributed by atoms with Gasteiger partial charge in [-0.15, -0.1) is 5.10 Å². The number of rotatable bonds is 13. The van der Waals surface area contributed by atoms with Crippen LogP contribution in [0, 0.1) is 0 Å². The van der Waals surface area contributed by atoms with Gasteiger partial charge in [0.05, 0.1) is 12.8 Å². The number of nitrogens with zero attached hydrogens (tertiary/aromatic N) is 6. The average Bonchev–Trinajstić information content (AvgIpc) is 3.59. The molecule has 4 aromatic rings. The van der Waals surface area contributed by atoms with E-state index in [2.05, 4.69) is 43.4 Å². The summed E-state index contributed by atoms with van der Waals surface area (Å²) in [6.07, 6.45) is 10.8. The molecule has 3 N–H and O–H groups in total. The standard InChI is InChI=1S/C33H36ClN9O4/c1-3-4-6-28(32(45)42-13-5-14-42)39-29-17-26(38-33(46)47-2)9-10-27(29)24-15-22(18-35-20-24)19-36-31(44)12-7-23-16-25(34)8-11-30(23)43-21-37-40-41-43/h7-12,15-18,20-21,28,39H,3-6,13-14,19H2,1-2H3,(H,36,44)(H,38,46)/b12-7+/t28-/m1/s1. The number of aromatic nitrogens is 5. The number of hydrogen-bond acceptors (Lipinski definition) is 9. The van der Waals surface area contributed by atoms with Crippen LogP contribution in [-0.2, 0) is 20.9 Å². The minimum Gasteiger partial charge on any atom is -0.453 e. The smallest absolute Gasteiger partial charge is 0.411 e. The zero-order valence-corrected chi connectivity index (χ0v) is 26.9. The number of unbranched alkanes of at least 4 members (excludes halogenated alkanes) is 1. The first-order chi connectivity index (χ1) is 22.8. The van der Waals surface area contributed by atoms with Gasteiger partial charge in [-0.25, -0.2) is 4.79 Å². The fourth-order valence-corrected chi connectivity index (χ4v) is 5.24. The number of halogens is 1. The molecule has 2 aromatic heterocycles. The highest BCUT2D eigenvalue weighted by Gasteiger charge is 2.28. The highest BCUT2D eigenvalue weighted by atomic mass is 35.5. The van der Waals surface area contributed by atoms with Crippen molar-refractivity contribution in [2.24, 2.45) is 0 Å². The molecular formula is C33H36ClN9O4. The Bertz CT molecular complexity index is 1740. The summed E-state index contributed by atoms with van der Waals surface area (Å²) in [5.74, 6) is -0.255. The van der Waals surface area contributed by atoms with Gasteiger partial charge < -0.3 is 20.3 Å². The van der Waals surface area contributed by atoms with Crippen LogP contribution in [0.4, 0.5) is 16.2 Å². The molecule has 5 rings (SSSR count). The molecule has 0 unspecified atom stereocenters. The summed E-state index contributed by atoms with van der Waals surface area (Å²) < 4.78 is 6.26. The van der Waals surface area contributed by atoms with Crippen molar-refractivity contribution < 1.29 is 19.1 Å². The zero-order chi connectivity index (χ0) is 33.2. The van der Waals surface area contributed by atoms with Gasteiger partial charge in [0.15, 0.2) is 0 Å². The number of methoxy groups -OCH3 is 1. The molecule has 47 heavy (non-hydrogen) atoms. The summed E-state index contributed by atoms with van der Waals surface area (Å²) in [4.78, 5) is 44.4. The Balaban J connectivity index is 1.34. The van der Waals surface area contributed by atoms with Gasteiger partial charge in [0, 0.05) is 71.2 Å². The van der Waals surface area contributed by atoms with Crippen LogP contribution in [0.3, 0.4) is 0 Å². The monoisotopic (exact) mass is 657 g/mol. The molecule has 2 aromatic carbocycles. The van der Waals surface area contributed by atoms with E-state index >= 15 is 0 Å². The van der Waals surface area contributed by atoms with Crippen LogP contribution in [-0.4, -0.2) is 74.2 Å². The SMILES string of the molecule is CCCC[C@@H](Nc1cc(NC(=O)OC)ccc1-c1cncc(CNC(=O)/C=C/c2cc(Cl)ccc2-n2cnnn2)c1)C(=O)N1CCC1. The number of amides is 3. The van der Waals surface area contributed by atoms with Crippen molar-refractivity contribution in [2.75, 3.05) is 30.8 Å². The van der Waals surface area contributed by atoms with Gasteiger partial charge in [-0.1, -0.05) is 37.4 Å². The maximum Gasteiger partial charge on any atom is 0.411 e. The quantitative estimate of drug-likeness (QED) is 0.167. The molecule has 0 aliphatic carbocycles. The summed E-state index contributed by atoms with van der Waals surface area (Å²) in [7, 11) is 1.30. The molecule has 14 heteroatoms. The molecule has 0 spiro atoms. The molecule has 0 bridgehead atoms. The molecule has 1 aliphatic heterocycles. The molecule has 1 fully saturated rings. The zero-order valence-electron chi connectivity index (χ0n) is 26.1. The molecular weight excluding hydrogens is 622 g/mol. The first-order valence-electron chi connectivity index (χ1n) is 15.3. The molecule has 0 radical (unpaired) electrons. The topological polar surface area (TPSA) is 156 Å². The van der Waals surface area contributed by atoms with Gasteiger partial charge in [-0.05, 0) is 71.3 Å². The van der Waals surface area contributed by atoms with Crippen molar-refractivity contribution in [1.82, 2.24) is 35.4 Å². The van der Waals surface area contributed by atoms with Crippen LogP contribution in [0.5, 0.6) is 0 Å². The second-order valence-corrected chi connectivity index (χ2v) is 11.4. The van der Waals surface area contributed by atoms with E-state index in [1.807, 2.05) is 17.0 Å². The van der Waals surface area contributed by atoms with E-state index < -0.39 is 12.1 Å². The molecule has 244 valence electrons. The lowest BCUT2D eigenvalue weighted by atomic mass is 10.0. The number of ether oxygens (including phenoxy) is 1. The van der Waals surface area contributed by atoms with Gasteiger partial charge in [0.25, 0.3) is 0 Å². The summed E-state index contributed by atoms with van der Waals surface area (Å²) in [5, 5.41) is 20.8. The van der Waals surface area contributed by atoms with Crippen LogP contribution in [0.2, 0.25) is 5.02 Å². The third-order valence-electron chi connectivity index (χ3n) is 7.67. The predicted octanol–water partition coefficient (Wildman–Crippen LogP) is 5.09. The molecule has 1 atom stereocenters. The molecule has 1 saturated heterocycles. The Kier molecular flexibility index (Phi) is 11.1. The normalized spacial score (nSPS) is 13.1. The molecule has 3 amide bonds. The number of benzene rings is 2. The fraction of sp³-hybridized carbons (Fsp3) is 0.303. The number of tetrazole rings is 1. The summed E-state index contributed by atoms with van der Waals surface area (Å²) >= 11 is 6.19. The van der Waals surface area contributed by atoms with Gasteiger partial charge in [-0.2, -0.15) is 4.68 Å². The largest absolute Gasteiger partial charge is 0.453 e. The summed E-state index contributed by atoms with van der Waals surface area (Å²) in [6.45, 7) is 3.82. The van der Waals surface area contributed by atoms with Crippen molar-refractivity contribution in [2.45, 2.75) is 45.2 Å². The van der Waals surface area contributed by atoms with E-state index in [0.717, 1.165) is 49.0 Å². The number of likely N-dealkylation sites (tertiary alicyclic amines) is 1. The van der Waals surface area contributed by atoms with Gasteiger partial charge >= 0.3 is 6.09 Å². The summed E-state index contributed by atoms with van der Waals surface area (Å²) in [6, 6.07) is 12.1. The number of carbonyl (C=O) groups excluding carboxylic acids is 3. The minimum atomic E-state index is -0.599. The lowest BCUT2D eigenvalue weighted by Gasteiger charge is -2.35. The van der Waals surface area contributed by atoms with Gasteiger partial charge in [0.1, 0.15) is 12.4 Å².